The molecule has 4 nitrogen and oxygen atoms in total. The largest absolute Gasteiger partial charge is 0.451 e. The molecule has 0 fully saturated rings. The Bertz CT molecular complexity index is 651. The third kappa shape index (κ3) is 4.23. The summed E-state index contributed by atoms with van der Waals surface area (Å²) in [7, 11) is 3.64. The minimum atomic E-state index is -0.0992. The van der Waals surface area contributed by atoms with Crippen molar-refractivity contribution in [2.45, 2.75) is 26.2 Å². The van der Waals surface area contributed by atoms with Crippen LogP contribution in [0.3, 0.4) is 0 Å². The molecule has 0 aliphatic heterocycles. The van der Waals surface area contributed by atoms with E-state index < -0.39 is 0 Å². The van der Waals surface area contributed by atoms with Crippen LogP contribution in [0, 0.1) is 0 Å². The Balaban J connectivity index is 2.14. The van der Waals surface area contributed by atoms with Crippen LogP contribution < -0.4 is 5.32 Å². The molecule has 0 aliphatic carbocycles. The second-order valence-electron chi connectivity index (χ2n) is 6.82. The van der Waals surface area contributed by atoms with Gasteiger partial charge in [0.1, 0.15) is 5.76 Å². The fourth-order valence-corrected chi connectivity index (χ4v) is 2.31. The van der Waals surface area contributed by atoms with Crippen LogP contribution in [0.5, 0.6) is 0 Å². The summed E-state index contributed by atoms with van der Waals surface area (Å²) < 4.78 is 5.75. The third-order valence-corrected chi connectivity index (χ3v) is 3.90. The second-order valence-corrected chi connectivity index (χ2v) is 6.82. The van der Waals surface area contributed by atoms with Crippen molar-refractivity contribution < 1.29 is 9.21 Å². The molecule has 2 aromatic rings. The summed E-state index contributed by atoms with van der Waals surface area (Å²) in [6.07, 6.45) is 0. The summed E-state index contributed by atoms with van der Waals surface area (Å²) in [5.41, 5.74) is 2.38. The SMILES string of the molecule is CNCCN(C)C(=O)c1ccc(-c2ccc(C(C)(C)C)cc2)o1. The van der Waals surface area contributed by atoms with Gasteiger partial charge in [0.05, 0.1) is 0 Å². The molecule has 0 spiro atoms. The van der Waals surface area contributed by atoms with Crippen molar-refractivity contribution >= 4 is 5.91 Å². The van der Waals surface area contributed by atoms with E-state index in [0.29, 0.717) is 12.3 Å². The van der Waals surface area contributed by atoms with Crippen LogP contribution in [0.4, 0.5) is 0 Å². The molecule has 0 saturated heterocycles. The summed E-state index contributed by atoms with van der Waals surface area (Å²) in [6.45, 7) is 7.96. The van der Waals surface area contributed by atoms with Crippen molar-refractivity contribution in [2.24, 2.45) is 0 Å². The minimum absolute atomic E-state index is 0.0992. The van der Waals surface area contributed by atoms with Crippen molar-refractivity contribution in [3.8, 4) is 11.3 Å². The Morgan fingerprint density at radius 2 is 1.78 bits per heavy atom. The maximum atomic E-state index is 12.3. The Morgan fingerprint density at radius 1 is 1.13 bits per heavy atom. The number of furan rings is 1. The lowest BCUT2D eigenvalue weighted by Gasteiger charge is -2.18. The molecular formula is C19H26N2O2. The lowest BCUT2D eigenvalue weighted by atomic mass is 9.86. The summed E-state index contributed by atoms with van der Waals surface area (Å²) in [6, 6.07) is 11.9. The number of hydrogen-bond acceptors (Lipinski definition) is 3. The highest BCUT2D eigenvalue weighted by molar-refractivity contribution is 5.91. The molecule has 1 aromatic heterocycles. The highest BCUT2D eigenvalue weighted by Gasteiger charge is 2.17. The monoisotopic (exact) mass is 314 g/mol. The summed E-state index contributed by atoms with van der Waals surface area (Å²) in [5, 5.41) is 3.03. The van der Waals surface area contributed by atoms with Crippen LogP contribution in [-0.4, -0.2) is 38.0 Å². The molecule has 0 bridgehead atoms. The van der Waals surface area contributed by atoms with E-state index >= 15 is 0 Å². The van der Waals surface area contributed by atoms with Gasteiger partial charge in [-0.3, -0.25) is 4.79 Å². The van der Waals surface area contributed by atoms with Crippen LogP contribution in [0.1, 0.15) is 36.9 Å². The maximum absolute atomic E-state index is 12.3. The van der Waals surface area contributed by atoms with E-state index in [2.05, 4.69) is 38.2 Å². The van der Waals surface area contributed by atoms with Gasteiger partial charge in [-0.25, -0.2) is 0 Å². The molecule has 0 atom stereocenters. The topological polar surface area (TPSA) is 45.5 Å². The van der Waals surface area contributed by atoms with Gasteiger partial charge >= 0.3 is 0 Å². The Labute approximate surface area is 138 Å². The van der Waals surface area contributed by atoms with Gasteiger partial charge in [-0.1, -0.05) is 45.0 Å². The van der Waals surface area contributed by atoms with Gasteiger partial charge in [0, 0.05) is 25.7 Å². The Hall–Kier alpha value is -2.07. The molecule has 1 heterocycles. The molecule has 23 heavy (non-hydrogen) atoms. The van der Waals surface area contributed by atoms with E-state index in [4.69, 9.17) is 4.42 Å². The number of amides is 1. The van der Waals surface area contributed by atoms with Crippen molar-refractivity contribution in [3.63, 3.8) is 0 Å². The molecule has 2 rings (SSSR count). The van der Waals surface area contributed by atoms with Crippen LogP contribution in [0.25, 0.3) is 11.3 Å². The number of carbonyl (C=O) groups excluding carboxylic acids is 1. The number of nitrogens with zero attached hydrogens (tertiary/aromatic N) is 1. The quantitative estimate of drug-likeness (QED) is 0.918. The van der Waals surface area contributed by atoms with E-state index in [0.717, 1.165) is 17.9 Å². The lowest BCUT2D eigenvalue weighted by molar-refractivity contribution is 0.0766. The van der Waals surface area contributed by atoms with E-state index in [-0.39, 0.29) is 11.3 Å². The first-order valence-corrected chi connectivity index (χ1v) is 7.94. The zero-order chi connectivity index (χ0) is 17.0. The van der Waals surface area contributed by atoms with Crippen molar-refractivity contribution in [3.05, 3.63) is 47.7 Å². The molecule has 0 saturated carbocycles. The van der Waals surface area contributed by atoms with Gasteiger partial charge in [-0.2, -0.15) is 0 Å². The van der Waals surface area contributed by atoms with E-state index in [9.17, 15) is 4.79 Å². The molecule has 0 unspecified atom stereocenters. The summed E-state index contributed by atoms with van der Waals surface area (Å²) in [5.74, 6) is 0.993. The van der Waals surface area contributed by atoms with Gasteiger partial charge in [0.2, 0.25) is 0 Å². The predicted molar refractivity (Wildman–Crippen MR) is 93.7 cm³/mol. The van der Waals surface area contributed by atoms with Crippen LogP contribution in [0.2, 0.25) is 0 Å². The Morgan fingerprint density at radius 3 is 2.35 bits per heavy atom. The summed E-state index contributed by atoms with van der Waals surface area (Å²) in [4.78, 5) is 13.9. The van der Waals surface area contributed by atoms with Crippen LogP contribution in [-0.2, 0) is 5.41 Å². The first kappa shape index (κ1) is 17.3. The average molecular weight is 314 g/mol. The van der Waals surface area contributed by atoms with Crippen molar-refractivity contribution in [1.29, 1.82) is 0 Å². The average Bonchev–Trinajstić information content (AvgIpc) is 3.01. The highest BCUT2D eigenvalue weighted by Crippen LogP contribution is 2.27. The van der Waals surface area contributed by atoms with Crippen LogP contribution in [0.15, 0.2) is 40.8 Å². The van der Waals surface area contributed by atoms with Crippen molar-refractivity contribution in [1.82, 2.24) is 10.2 Å². The number of benzene rings is 1. The standard InChI is InChI=1S/C19H26N2O2/c1-19(2,3)15-8-6-14(7-9-15)16-10-11-17(23-16)18(22)21(5)13-12-20-4/h6-11,20H,12-13H2,1-5H3. The maximum Gasteiger partial charge on any atom is 0.289 e. The second kappa shape index (κ2) is 7.01. The zero-order valence-corrected chi connectivity index (χ0v) is 14.6. The zero-order valence-electron chi connectivity index (χ0n) is 14.6. The number of likely N-dealkylation sites (N-methyl/N-ethyl adjacent to an activating group) is 2. The van der Waals surface area contributed by atoms with Gasteiger partial charge < -0.3 is 14.6 Å². The third-order valence-electron chi connectivity index (χ3n) is 3.90. The minimum Gasteiger partial charge on any atom is -0.451 e. The van der Waals surface area contributed by atoms with E-state index in [1.807, 2.05) is 25.2 Å². The first-order chi connectivity index (χ1) is 10.8. The van der Waals surface area contributed by atoms with Crippen molar-refractivity contribution in [2.75, 3.05) is 27.2 Å². The highest BCUT2D eigenvalue weighted by atomic mass is 16.4. The summed E-state index contributed by atoms with van der Waals surface area (Å²) >= 11 is 0. The molecule has 1 amide bonds. The van der Waals surface area contributed by atoms with Gasteiger partial charge in [0.25, 0.3) is 5.91 Å². The van der Waals surface area contributed by atoms with Gasteiger partial charge in [-0.05, 0) is 30.2 Å². The van der Waals surface area contributed by atoms with Gasteiger partial charge in [-0.15, -0.1) is 0 Å². The number of carbonyl (C=O) groups is 1. The molecule has 0 aliphatic rings. The van der Waals surface area contributed by atoms with E-state index in [1.54, 1.807) is 18.0 Å². The molecule has 1 N–H and O–H groups in total. The number of hydrogen-bond donors (Lipinski definition) is 1. The fourth-order valence-electron chi connectivity index (χ4n) is 2.31. The smallest absolute Gasteiger partial charge is 0.289 e. The lowest BCUT2D eigenvalue weighted by Crippen LogP contribution is -2.32. The molecular weight excluding hydrogens is 288 g/mol. The van der Waals surface area contributed by atoms with Gasteiger partial charge in [0.15, 0.2) is 5.76 Å². The van der Waals surface area contributed by atoms with E-state index in [1.165, 1.54) is 5.56 Å². The molecule has 4 heteroatoms. The predicted octanol–water partition coefficient (Wildman–Crippen LogP) is 3.54. The van der Waals surface area contributed by atoms with Crippen LogP contribution >= 0.6 is 0 Å². The number of nitrogens with one attached hydrogen (secondary N) is 1. The first-order valence-electron chi connectivity index (χ1n) is 7.94. The normalized spacial score (nSPS) is 11.5. The fraction of sp³-hybridized carbons (Fsp3) is 0.421. The molecule has 0 radical (unpaired) electrons. The Kier molecular flexibility index (Phi) is 5.26. The number of rotatable bonds is 5. The molecule has 124 valence electrons. The molecule has 1 aromatic carbocycles.